The quantitative estimate of drug-likeness (QED) is 0.722. The fourth-order valence-corrected chi connectivity index (χ4v) is 3.58. The monoisotopic (exact) mass is 283 g/mol. The minimum atomic E-state index is -0.579. The summed E-state index contributed by atoms with van der Waals surface area (Å²) in [4.78, 5) is 14.2. The molecule has 3 rings (SSSR count). The van der Waals surface area contributed by atoms with Crippen LogP contribution in [0, 0.1) is 5.92 Å². The van der Waals surface area contributed by atoms with Gasteiger partial charge in [0.15, 0.2) is 5.79 Å². The van der Waals surface area contributed by atoms with E-state index >= 15 is 0 Å². The molecule has 3 saturated heterocycles. The second-order valence-electron chi connectivity index (χ2n) is 7.47. The molecular weight excluding hydrogens is 258 g/mol. The standard InChI is InChI=1S/C15H25NO4/c1-14(2,3)19-9-6-7-16-12(9)11(13(16)17)10-8-18-15(4,5)20-10/h9-12H,6-8H2,1-5H3/t9-,10-,11-,12-/m1/s1. The van der Waals surface area contributed by atoms with Gasteiger partial charge in [0, 0.05) is 6.54 Å². The predicted molar refractivity (Wildman–Crippen MR) is 73.1 cm³/mol. The molecule has 0 aromatic heterocycles. The van der Waals surface area contributed by atoms with Crippen molar-refractivity contribution in [3.8, 4) is 0 Å². The van der Waals surface area contributed by atoms with Crippen LogP contribution in [0.3, 0.4) is 0 Å². The smallest absolute Gasteiger partial charge is 0.230 e. The van der Waals surface area contributed by atoms with Crippen molar-refractivity contribution in [3.05, 3.63) is 0 Å². The van der Waals surface area contributed by atoms with Crippen molar-refractivity contribution in [1.82, 2.24) is 4.90 Å². The van der Waals surface area contributed by atoms with Crippen LogP contribution in [0.1, 0.15) is 41.0 Å². The van der Waals surface area contributed by atoms with E-state index in [0.717, 1.165) is 13.0 Å². The summed E-state index contributed by atoms with van der Waals surface area (Å²) >= 11 is 0. The Bertz CT molecular complexity index is 415. The highest BCUT2D eigenvalue weighted by atomic mass is 16.7. The number of hydrogen-bond donors (Lipinski definition) is 0. The minimum Gasteiger partial charge on any atom is -0.370 e. The van der Waals surface area contributed by atoms with Gasteiger partial charge in [-0.1, -0.05) is 0 Å². The van der Waals surface area contributed by atoms with Crippen molar-refractivity contribution < 1.29 is 19.0 Å². The maximum absolute atomic E-state index is 12.3. The van der Waals surface area contributed by atoms with E-state index in [1.807, 2.05) is 18.7 Å². The number of ether oxygens (including phenoxy) is 3. The van der Waals surface area contributed by atoms with Crippen molar-refractivity contribution in [2.75, 3.05) is 13.2 Å². The fourth-order valence-electron chi connectivity index (χ4n) is 3.58. The van der Waals surface area contributed by atoms with Crippen molar-refractivity contribution >= 4 is 5.91 Å². The van der Waals surface area contributed by atoms with Crippen LogP contribution in [-0.2, 0) is 19.0 Å². The molecule has 3 aliphatic heterocycles. The molecule has 3 fully saturated rings. The summed E-state index contributed by atoms with van der Waals surface area (Å²) in [5.41, 5.74) is -0.184. The Morgan fingerprint density at radius 1 is 1.35 bits per heavy atom. The summed E-state index contributed by atoms with van der Waals surface area (Å²) in [7, 11) is 0. The molecule has 0 aromatic rings. The van der Waals surface area contributed by atoms with Gasteiger partial charge in [-0.05, 0) is 41.0 Å². The lowest BCUT2D eigenvalue weighted by molar-refractivity contribution is -0.186. The largest absolute Gasteiger partial charge is 0.370 e. The van der Waals surface area contributed by atoms with Crippen LogP contribution in [0.2, 0.25) is 0 Å². The zero-order valence-electron chi connectivity index (χ0n) is 13.0. The highest BCUT2D eigenvalue weighted by Crippen LogP contribution is 2.43. The number of carbonyl (C=O) groups excluding carboxylic acids is 1. The zero-order valence-corrected chi connectivity index (χ0v) is 13.0. The summed E-state index contributed by atoms with van der Waals surface area (Å²) in [5.74, 6) is -0.488. The second kappa shape index (κ2) is 4.42. The first kappa shape index (κ1) is 14.3. The van der Waals surface area contributed by atoms with Crippen LogP contribution in [0.15, 0.2) is 0 Å². The average molecular weight is 283 g/mol. The minimum absolute atomic E-state index is 0.105. The first-order valence-electron chi connectivity index (χ1n) is 7.48. The van der Waals surface area contributed by atoms with Gasteiger partial charge in [0.05, 0.1) is 36.4 Å². The van der Waals surface area contributed by atoms with Gasteiger partial charge in [0.1, 0.15) is 0 Å². The Balaban J connectivity index is 1.71. The van der Waals surface area contributed by atoms with Gasteiger partial charge in [-0.15, -0.1) is 0 Å². The number of carbonyl (C=O) groups is 1. The second-order valence-corrected chi connectivity index (χ2v) is 7.47. The number of fused-ring (bicyclic) bond motifs is 1. The first-order chi connectivity index (χ1) is 9.18. The Kier molecular flexibility index (Phi) is 3.16. The Morgan fingerprint density at radius 2 is 2.05 bits per heavy atom. The lowest BCUT2D eigenvalue weighted by Crippen LogP contribution is -2.65. The molecule has 3 heterocycles. The molecule has 0 N–H and O–H groups in total. The molecular formula is C15H25NO4. The van der Waals surface area contributed by atoms with Crippen LogP contribution in [0.4, 0.5) is 0 Å². The highest BCUT2D eigenvalue weighted by molar-refractivity contribution is 5.87. The van der Waals surface area contributed by atoms with E-state index in [0.29, 0.717) is 6.61 Å². The Hall–Kier alpha value is -0.650. The van der Waals surface area contributed by atoms with E-state index < -0.39 is 5.79 Å². The summed E-state index contributed by atoms with van der Waals surface area (Å²) < 4.78 is 17.6. The van der Waals surface area contributed by atoms with Crippen molar-refractivity contribution in [3.63, 3.8) is 0 Å². The third kappa shape index (κ3) is 2.36. The molecule has 1 amide bonds. The summed E-state index contributed by atoms with van der Waals surface area (Å²) in [6.07, 6.45) is 0.897. The van der Waals surface area contributed by atoms with Gasteiger partial charge in [-0.25, -0.2) is 0 Å². The number of nitrogens with zero attached hydrogens (tertiary/aromatic N) is 1. The molecule has 0 aromatic carbocycles. The molecule has 3 aliphatic rings. The van der Waals surface area contributed by atoms with E-state index in [1.165, 1.54) is 0 Å². The summed E-state index contributed by atoms with van der Waals surface area (Å²) in [5, 5.41) is 0. The number of rotatable bonds is 2. The first-order valence-corrected chi connectivity index (χ1v) is 7.48. The molecule has 0 aliphatic carbocycles. The van der Waals surface area contributed by atoms with Gasteiger partial charge in [0.2, 0.25) is 5.91 Å². The van der Waals surface area contributed by atoms with Crippen LogP contribution < -0.4 is 0 Å². The van der Waals surface area contributed by atoms with E-state index in [1.54, 1.807) is 0 Å². The summed E-state index contributed by atoms with van der Waals surface area (Å²) in [6.45, 7) is 11.3. The maximum Gasteiger partial charge on any atom is 0.230 e. The number of hydrogen-bond acceptors (Lipinski definition) is 4. The van der Waals surface area contributed by atoms with Crippen molar-refractivity contribution in [1.29, 1.82) is 0 Å². The molecule has 0 unspecified atom stereocenters. The molecule has 114 valence electrons. The molecule has 5 nitrogen and oxygen atoms in total. The zero-order chi connectivity index (χ0) is 14.7. The normalized spacial score (nSPS) is 39.9. The molecule has 0 bridgehead atoms. The van der Waals surface area contributed by atoms with Gasteiger partial charge in [-0.3, -0.25) is 4.79 Å². The topological polar surface area (TPSA) is 48.0 Å². The van der Waals surface area contributed by atoms with Gasteiger partial charge < -0.3 is 19.1 Å². The maximum atomic E-state index is 12.3. The van der Waals surface area contributed by atoms with Crippen molar-refractivity contribution in [2.45, 2.75) is 70.7 Å². The van der Waals surface area contributed by atoms with Gasteiger partial charge in [0.25, 0.3) is 0 Å². The van der Waals surface area contributed by atoms with E-state index in [-0.39, 0.29) is 35.7 Å². The van der Waals surface area contributed by atoms with Crippen LogP contribution >= 0.6 is 0 Å². The third-order valence-electron chi connectivity index (χ3n) is 4.27. The fraction of sp³-hybridized carbons (Fsp3) is 0.933. The van der Waals surface area contributed by atoms with Gasteiger partial charge in [-0.2, -0.15) is 0 Å². The predicted octanol–water partition coefficient (Wildman–Crippen LogP) is 1.55. The third-order valence-corrected chi connectivity index (χ3v) is 4.27. The van der Waals surface area contributed by atoms with Crippen LogP contribution in [-0.4, -0.2) is 53.6 Å². The molecule has 4 atom stereocenters. The van der Waals surface area contributed by atoms with E-state index in [2.05, 4.69) is 20.8 Å². The lowest BCUT2D eigenvalue weighted by Gasteiger charge is -2.47. The van der Waals surface area contributed by atoms with E-state index in [9.17, 15) is 4.79 Å². The molecule has 0 radical (unpaired) electrons. The number of amides is 1. The molecule has 0 saturated carbocycles. The van der Waals surface area contributed by atoms with Crippen molar-refractivity contribution in [2.24, 2.45) is 5.92 Å². The molecule has 0 spiro atoms. The Morgan fingerprint density at radius 3 is 2.60 bits per heavy atom. The van der Waals surface area contributed by atoms with Gasteiger partial charge >= 0.3 is 0 Å². The Labute approximate surface area is 120 Å². The lowest BCUT2D eigenvalue weighted by atomic mass is 9.82. The highest BCUT2D eigenvalue weighted by Gasteiger charge is 2.60. The van der Waals surface area contributed by atoms with E-state index in [4.69, 9.17) is 14.2 Å². The SMILES string of the molecule is CC(C)(C)O[C@@H]1CCN2C(=O)[C@H]([C@H]3COC(C)(C)O3)[C@@H]12. The van der Waals surface area contributed by atoms with Crippen LogP contribution in [0.5, 0.6) is 0 Å². The average Bonchev–Trinajstić information content (AvgIpc) is 2.79. The molecule has 5 heteroatoms. The van der Waals surface area contributed by atoms with Crippen LogP contribution in [0.25, 0.3) is 0 Å². The molecule has 20 heavy (non-hydrogen) atoms. The summed E-state index contributed by atoms with van der Waals surface area (Å²) in [6, 6.07) is 0.157. The number of β-lactam (4-membered cyclic amide) rings is 1.